The van der Waals surface area contributed by atoms with Crippen molar-refractivity contribution in [3.8, 4) is 0 Å². The van der Waals surface area contributed by atoms with Crippen LogP contribution < -0.4 is 5.73 Å². The van der Waals surface area contributed by atoms with Crippen LogP contribution in [0.25, 0.3) is 0 Å². The van der Waals surface area contributed by atoms with E-state index in [2.05, 4.69) is 4.98 Å². The van der Waals surface area contributed by atoms with Crippen LogP contribution in [-0.4, -0.2) is 4.98 Å². The lowest BCUT2D eigenvalue weighted by atomic mass is 10.3. The molecule has 0 bridgehead atoms. The molecule has 0 aliphatic heterocycles. The molecule has 1 heterocycles. The second-order valence-electron chi connectivity index (χ2n) is 2.09. The molecule has 1 rings (SSSR count). The summed E-state index contributed by atoms with van der Waals surface area (Å²) < 4.78 is 16.5. The standard InChI is InChI=1S/C6H9FN2O/c1-4(8)5-3-10-6(2-7)9-5/h3-4H,2,8H2,1H3. The molecule has 2 N–H and O–H groups in total. The first-order valence-corrected chi connectivity index (χ1v) is 3.00. The van der Waals surface area contributed by atoms with Crippen LogP contribution in [0.1, 0.15) is 24.6 Å². The van der Waals surface area contributed by atoms with Crippen molar-refractivity contribution >= 4 is 0 Å². The van der Waals surface area contributed by atoms with Crippen molar-refractivity contribution in [3.05, 3.63) is 17.8 Å². The molecule has 1 aromatic rings. The van der Waals surface area contributed by atoms with E-state index >= 15 is 0 Å². The largest absolute Gasteiger partial charge is 0.446 e. The van der Waals surface area contributed by atoms with E-state index in [1.807, 2.05) is 0 Å². The summed E-state index contributed by atoms with van der Waals surface area (Å²) in [5, 5.41) is 0. The molecular weight excluding hydrogens is 135 g/mol. The van der Waals surface area contributed by atoms with Crippen LogP contribution in [0.3, 0.4) is 0 Å². The van der Waals surface area contributed by atoms with Gasteiger partial charge in [0.15, 0.2) is 6.67 Å². The number of oxazole rings is 1. The highest BCUT2D eigenvalue weighted by Gasteiger charge is 2.05. The third-order valence-electron chi connectivity index (χ3n) is 1.15. The maximum atomic E-state index is 11.8. The highest BCUT2D eigenvalue weighted by atomic mass is 19.1. The van der Waals surface area contributed by atoms with E-state index in [9.17, 15) is 4.39 Å². The number of hydrogen-bond acceptors (Lipinski definition) is 3. The van der Waals surface area contributed by atoms with Gasteiger partial charge < -0.3 is 10.2 Å². The van der Waals surface area contributed by atoms with E-state index in [4.69, 9.17) is 10.2 Å². The fraction of sp³-hybridized carbons (Fsp3) is 0.500. The fourth-order valence-corrected chi connectivity index (χ4v) is 0.596. The summed E-state index contributed by atoms with van der Waals surface area (Å²) in [5.41, 5.74) is 6.03. The third kappa shape index (κ3) is 1.33. The monoisotopic (exact) mass is 144 g/mol. The quantitative estimate of drug-likeness (QED) is 0.677. The number of aromatic nitrogens is 1. The first kappa shape index (κ1) is 7.21. The molecule has 4 heteroatoms. The number of hydrogen-bond donors (Lipinski definition) is 1. The normalized spacial score (nSPS) is 13.5. The Hall–Kier alpha value is -0.900. The number of rotatable bonds is 2. The summed E-state index contributed by atoms with van der Waals surface area (Å²) in [6, 6.07) is -0.191. The van der Waals surface area contributed by atoms with Crippen molar-refractivity contribution < 1.29 is 8.81 Å². The Kier molecular flexibility index (Phi) is 2.01. The van der Waals surface area contributed by atoms with Gasteiger partial charge in [-0.05, 0) is 6.92 Å². The van der Waals surface area contributed by atoms with E-state index in [1.165, 1.54) is 6.26 Å². The lowest BCUT2D eigenvalue weighted by Crippen LogP contribution is -2.04. The van der Waals surface area contributed by atoms with Crippen LogP contribution in [0.15, 0.2) is 10.7 Å². The Labute approximate surface area is 58.0 Å². The van der Waals surface area contributed by atoms with Crippen LogP contribution in [0.5, 0.6) is 0 Å². The second-order valence-corrected chi connectivity index (χ2v) is 2.09. The van der Waals surface area contributed by atoms with Crippen LogP contribution in [0.4, 0.5) is 4.39 Å². The highest BCUT2D eigenvalue weighted by molar-refractivity contribution is 5.00. The van der Waals surface area contributed by atoms with Gasteiger partial charge in [-0.25, -0.2) is 9.37 Å². The van der Waals surface area contributed by atoms with Crippen LogP contribution in [-0.2, 0) is 6.67 Å². The van der Waals surface area contributed by atoms with E-state index < -0.39 is 6.67 Å². The molecule has 1 unspecified atom stereocenters. The predicted octanol–water partition coefficient (Wildman–Crippen LogP) is 1.16. The molecule has 0 aliphatic carbocycles. The molecule has 10 heavy (non-hydrogen) atoms. The van der Waals surface area contributed by atoms with Gasteiger partial charge in [0.2, 0.25) is 5.89 Å². The number of alkyl halides is 1. The van der Waals surface area contributed by atoms with E-state index in [-0.39, 0.29) is 11.9 Å². The molecule has 0 amide bonds. The summed E-state index contributed by atoms with van der Waals surface area (Å²) >= 11 is 0. The average molecular weight is 144 g/mol. The lowest BCUT2D eigenvalue weighted by molar-refractivity contribution is 0.380. The molecular formula is C6H9FN2O. The van der Waals surface area contributed by atoms with Crippen molar-refractivity contribution in [1.82, 2.24) is 4.98 Å². The second kappa shape index (κ2) is 2.79. The average Bonchev–Trinajstić information content (AvgIpc) is 2.34. The van der Waals surface area contributed by atoms with Gasteiger partial charge in [-0.2, -0.15) is 0 Å². The topological polar surface area (TPSA) is 52.0 Å². The van der Waals surface area contributed by atoms with Crippen molar-refractivity contribution in [2.45, 2.75) is 19.6 Å². The lowest BCUT2D eigenvalue weighted by Gasteiger charge is -1.94. The highest BCUT2D eigenvalue weighted by Crippen LogP contribution is 2.09. The Morgan fingerprint density at radius 3 is 2.90 bits per heavy atom. The number of nitrogens with zero attached hydrogens (tertiary/aromatic N) is 1. The number of halogens is 1. The summed E-state index contributed by atoms with van der Waals surface area (Å²) in [6.07, 6.45) is 1.37. The Balaban J connectivity index is 2.78. The molecule has 0 fully saturated rings. The SMILES string of the molecule is CC(N)c1coc(CF)n1. The maximum Gasteiger partial charge on any atom is 0.225 e. The first-order valence-electron chi connectivity index (χ1n) is 3.00. The smallest absolute Gasteiger partial charge is 0.225 e. The summed E-state index contributed by atoms with van der Waals surface area (Å²) in [4.78, 5) is 3.76. The van der Waals surface area contributed by atoms with Gasteiger partial charge in [-0.15, -0.1) is 0 Å². The fourth-order valence-electron chi connectivity index (χ4n) is 0.596. The van der Waals surface area contributed by atoms with E-state index in [1.54, 1.807) is 6.92 Å². The van der Waals surface area contributed by atoms with Gasteiger partial charge in [0.1, 0.15) is 6.26 Å². The van der Waals surface area contributed by atoms with Crippen LogP contribution in [0, 0.1) is 0 Å². The minimum absolute atomic E-state index is 0.0901. The third-order valence-corrected chi connectivity index (χ3v) is 1.15. The zero-order valence-corrected chi connectivity index (χ0v) is 5.67. The predicted molar refractivity (Wildman–Crippen MR) is 33.9 cm³/mol. The molecule has 0 saturated heterocycles. The van der Waals surface area contributed by atoms with Crippen LogP contribution >= 0.6 is 0 Å². The molecule has 0 aromatic carbocycles. The summed E-state index contributed by atoms with van der Waals surface area (Å²) in [6.45, 7) is 1.09. The van der Waals surface area contributed by atoms with Crippen molar-refractivity contribution in [3.63, 3.8) is 0 Å². The van der Waals surface area contributed by atoms with Gasteiger partial charge in [-0.3, -0.25) is 0 Å². The molecule has 0 aliphatic rings. The maximum absolute atomic E-state index is 11.8. The summed E-state index contributed by atoms with van der Waals surface area (Å²) in [5.74, 6) is 0.0901. The van der Waals surface area contributed by atoms with Gasteiger partial charge in [-0.1, -0.05) is 0 Å². The zero-order chi connectivity index (χ0) is 7.56. The molecule has 3 nitrogen and oxygen atoms in total. The minimum atomic E-state index is -0.674. The van der Waals surface area contributed by atoms with Gasteiger partial charge in [0, 0.05) is 6.04 Å². The molecule has 0 radical (unpaired) electrons. The first-order chi connectivity index (χ1) is 4.74. The van der Waals surface area contributed by atoms with E-state index in [0.717, 1.165) is 0 Å². The summed E-state index contributed by atoms with van der Waals surface area (Å²) in [7, 11) is 0. The number of nitrogens with two attached hydrogens (primary N) is 1. The Bertz CT molecular complexity index is 209. The Morgan fingerprint density at radius 2 is 2.60 bits per heavy atom. The van der Waals surface area contributed by atoms with Crippen molar-refractivity contribution in [1.29, 1.82) is 0 Å². The molecule has 56 valence electrons. The molecule has 1 atom stereocenters. The van der Waals surface area contributed by atoms with Gasteiger partial charge in [0.25, 0.3) is 0 Å². The van der Waals surface area contributed by atoms with Crippen molar-refractivity contribution in [2.75, 3.05) is 0 Å². The van der Waals surface area contributed by atoms with Crippen LogP contribution in [0.2, 0.25) is 0 Å². The molecule has 1 aromatic heterocycles. The minimum Gasteiger partial charge on any atom is -0.446 e. The molecule has 0 saturated carbocycles. The zero-order valence-electron chi connectivity index (χ0n) is 5.67. The van der Waals surface area contributed by atoms with Gasteiger partial charge >= 0.3 is 0 Å². The molecule has 0 spiro atoms. The van der Waals surface area contributed by atoms with E-state index in [0.29, 0.717) is 5.69 Å². The van der Waals surface area contributed by atoms with Crippen molar-refractivity contribution in [2.24, 2.45) is 5.73 Å². The van der Waals surface area contributed by atoms with Gasteiger partial charge in [0.05, 0.1) is 5.69 Å². The Morgan fingerprint density at radius 1 is 1.90 bits per heavy atom.